The number of hydrogen-bond acceptors (Lipinski definition) is 10. The van der Waals surface area contributed by atoms with E-state index in [1.165, 1.54) is 27.4 Å². The number of allylic oxidation sites excluding steroid dienone is 1. The molecule has 0 spiro atoms. The number of phenols is 1. The molecule has 0 amide bonds. The van der Waals surface area contributed by atoms with Gasteiger partial charge in [0.05, 0.1) is 43.4 Å². The molecule has 12 nitrogen and oxygen atoms in total. The number of benzene rings is 2. The van der Waals surface area contributed by atoms with E-state index in [0.717, 1.165) is 6.07 Å². The predicted molar refractivity (Wildman–Crippen MR) is 118 cm³/mol. The van der Waals surface area contributed by atoms with Gasteiger partial charge < -0.3 is 29.8 Å². The van der Waals surface area contributed by atoms with Crippen molar-refractivity contribution in [3.05, 3.63) is 63.0 Å². The highest BCUT2D eigenvalue weighted by atomic mass is 16.6. The van der Waals surface area contributed by atoms with Gasteiger partial charge in [0.25, 0.3) is 0 Å². The maximum atomic E-state index is 11.6. The van der Waals surface area contributed by atoms with E-state index in [1.54, 1.807) is 18.2 Å². The second-order valence-electron chi connectivity index (χ2n) is 7.16. The molecule has 0 aliphatic carbocycles. The Morgan fingerprint density at radius 2 is 1.88 bits per heavy atom. The number of aromatic nitrogens is 2. The molecule has 0 bridgehead atoms. The van der Waals surface area contributed by atoms with Crippen molar-refractivity contribution in [2.45, 2.75) is 5.92 Å². The summed E-state index contributed by atoms with van der Waals surface area (Å²) in [6.07, 6.45) is 0. The molecule has 4 N–H and O–H groups in total. The van der Waals surface area contributed by atoms with Gasteiger partial charge in [0.1, 0.15) is 11.6 Å². The maximum Gasteiger partial charge on any atom is 0.314 e. The second-order valence-corrected chi connectivity index (χ2v) is 7.16. The number of hydrogen-bond donors (Lipinski definition) is 3. The number of nitrogens with two attached hydrogens (primary N) is 1. The lowest BCUT2D eigenvalue weighted by Crippen LogP contribution is -2.21. The third-order valence-electron chi connectivity index (χ3n) is 5.44. The minimum Gasteiger partial charge on any atom is -0.500 e. The Morgan fingerprint density at radius 3 is 2.50 bits per heavy atom. The molecule has 0 saturated heterocycles. The van der Waals surface area contributed by atoms with E-state index in [4.69, 9.17) is 24.7 Å². The summed E-state index contributed by atoms with van der Waals surface area (Å²) >= 11 is 0. The number of H-pyrrole nitrogens is 1. The first-order valence-corrected chi connectivity index (χ1v) is 9.78. The lowest BCUT2D eigenvalue weighted by molar-refractivity contribution is -0.386. The smallest absolute Gasteiger partial charge is 0.314 e. The lowest BCUT2D eigenvalue weighted by Gasteiger charge is -2.24. The van der Waals surface area contributed by atoms with Gasteiger partial charge in [-0.05, 0) is 29.8 Å². The van der Waals surface area contributed by atoms with Gasteiger partial charge in [0.15, 0.2) is 17.2 Å². The Morgan fingerprint density at radius 1 is 1.18 bits per heavy atom. The number of fused-ring (bicyclic) bond motifs is 1. The number of aromatic amines is 1. The van der Waals surface area contributed by atoms with Gasteiger partial charge in [-0.1, -0.05) is 0 Å². The Bertz CT molecular complexity index is 1370. The number of nitro groups is 1. The number of ether oxygens (including phenoxy) is 4. The topological polar surface area (TPSA) is 179 Å². The molecule has 1 unspecified atom stereocenters. The van der Waals surface area contributed by atoms with Gasteiger partial charge >= 0.3 is 5.69 Å². The largest absolute Gasteiger partial charge is 0.500 e. The number of nitriles is 1. The minimum atomic E-state index is -0.913. The standard InChI is InChI=1S/C22H19N5O7/c1-31-14-5-4-10(7-15(14)32-2)19-18-17(12(9-23)21(24)34-22(18)26-25-19)11-6-13(27(29)30)20(28)16(8-11)33-3/h4-8,17,28H,24H2,1-3H3,(H,25,26). The summed E-state index contributed by atoms with van der Waals surface area (Å²) in [4.78, 5) is 10.8. The number of nitrogens with one attached hydrogen (secondary N) is 1. The van der Waals surface area contributed by atoms with Crippen molar-refractivity contribution >= 4 is 5.69 Å². The fourth-order valence-corrected chi connectivity index (χ4v) is 3.87. The van der Waals surface area contributed by atoms with E-state index in [-0.39, 0.29) is 28.6 Å². The Balaban J connectivity index is 1.99. The van der Waals surface area contributed by atoms with E-state index >= 15 is 0 Å². The summed E-state index contributed by atoms with van der Waals surface area (Å²) in [5.41, 5.74) is 7.20. The summed E-state index contributed by atoms with van der Waals surface area (Å²) in [6, 6.07) is 9.74. The first kappa shape index (κ1) is 22.3. The van der Waals surface area contributed by atoms with Crippen LogP contribution in [-0.4, -0.2) is 41.6 Å². The molecular formula is C22H19N5O7. The zero-order valence-electron chi connectivity index (χ0n) is 18.3. The molecule has 0 saturated carbocycles. The molecule has 12 heteroatoms. The first-order chi connectivity index (χ1) is 16.3. The van der Waals surface area contributed by atoms with Gasteiger partial charge in [-0.25, -0.2) is 0 Å². The summed E-state index contributed by atoms with van der Waals surface area (Å²) in [6.45, 7) is 0. The number of phenolic OH excluding ortho intramolecular Hbond substituents is 1. The molecule has 0 fully saturated rings. The van der Waals surface area contributed by atoms with Crippen LogP contribution in [0, 0.1) is 21.4 Å². The van der Waals surface area contributed by atoms with Crippen LogP contribution < -0.4 is 24.7 Å². The fraction of sp³-hybridized carbons (Fsp3) is 0.182. The van der Waals surface area contributed by atoms with Gasteiger partial charge in [-0.3, -0.25) is 15.2 Å². The van der Waals surface area contributed by atoms with Crippen molar-refractivity contribution in [1.29, 1.82) is 5.26 Å². The molecule has 1 aromatic heterocycles. The molecule has 34 heavy (non-hydrogen) atoms. The van der Waals surface area contributed by atoms with Crippen LogP contribution in [0.3, 0.4) is 0 Å². The number of nitrogens with zero attached hydrogens (tertiary/aromatic N) is 3. The third-order valence-corrected chi connectivity index (χ3v) is 5.44. The van der Waals surface area contributed by atoms with E-state index in [9.17, 15) is 20.5 Å². The third kappa shape index (κ3) is 3.45. The van der Waals surface area contributed by atoms with Gasteiger partial charge in [0.2, 0.25) is 17.5 Å². The van der Waals surface area contributed by atoms with E-state index in [0.29, 0.717) is 28.3 Å². The molecular weight excluding hydrogens is 446 g/mol. The molecule has 3 aromatic rings. The highest BCUT2D eigenvalue weighted by molar-refractivity contribution is 5.73. The lowest BCUT2D eigenvalue weighted by atomic mass is 9.82. The molecule has 4 rings (SSSR count). The van der Waals surface area contributed by atoms with Crippen LogP contribution in [0.25, 0.3) is 11.3 Å². The zero-order chi connectivity index (χ0) is 24.6. The zero-order valence-corrected chi connectivity index (χ0v) is 18.3. The van der Waals surface area contributed by atoms with Crippen molar-refractivity contribution in [3.8, 4) is 46.2 Å². The minimum absolute atomic E-state index is 0.0117. The van der Waals surface area contributed by atoms with Crippen LogP contribution in [0.2, 0.25) is 0 Å². The van der Waals surface area contributed by atoms with Gasteiger partial charge in [-0.2, -0.15) is 5.26 Å². The molecule has 0 radical (unpaired) electrons. The van der Waals surface area contributed by atoms with Crippen molar-refractivity contribution in [1.82, 2.24) is 10.2 Å². The number of methoxy groups -OCH3 is 3. The molecule has 1 aliphatic rings. The highest BCUT2D eigenvalue weighted by Crippen LogP contribution is 2.49. The van der Waals surface area contributed by atoms with E-state index in [1.807, 2.05) is 6.07 Å². The number of nitro benzene ring substituents is 1. The SMILES string of the molecule is COc1ccc(-c2[nH]nc3c2C(c2cc(OC)c(O)c([N+](=O)[O-])c2)C(C#N)=C(N)O3)cc1OC. The first-order valence-electron chi connectivity index (χ1n) is 9.78. The normalized spacial score (nSPS) is 14.6. The average molecular weight is 465 g/mol. The van der Waals surface area contributed by atoms with E-state index in [2.05, 4.69) is 10.2 Å². The Labute approximate surface area is 192 Å². The summed E-state index contributed by atoms with van der Waals surface area (Å²) in [7, 11) is 4.27. The number of rotatable bonds is 6. The fourth-order valence-electron chi connectivity index (χ4n) is 3.87. The molecule has 1 atom stereocenters. The van der Waals surface area contributed by atoms with Crippen LogP contribution in [-0.2, 0) is 0 Å². The molecule has 2 heterocycles. The van der Waals surface area contributed by atoms with Crippen LogP contribution in [0.5, 0.6) is 28.9 Å². The van der Waals surface area contributed by atoms with Crippen LogP contribution >= 0.6 is 0 Å². The van der Waals surface area contributed by atoms with Crippen molar-refractivity contribution in [3.63, 3.8) is 0 Å². The van der Waals surface area contributed by atoms with Gasteiger partial charge in [-0.15, -0.1) is 5.10 Å². The summed E-state index contributed by atoms with van der Waals surface area (Å²) in [5.74, 6) is -0.817. The Kier molecular flexibility index (Phi) is 5.60. The number of aromatic hydroxyl groups is 1. The van der Waals surface area contributed by atoms with Crippen LogP contribution in [0.15, 0.2) is 41.8 Å². The summed E-state index contributed by atoms with van der Waals surface area (Å²) < 4.78 is 21.4. The molecule has 1 aliphatic heterocycles. The van der Waals surface area contributed by atoms with Crippen molar-refractivity contribution in [2.24, 2.45) is 5.73 Å². The second kappa shape index (κ2) is 8.55. The monoisotopic (exact) mass is 465 g/mol. The highest BCUT2D eigenvalue weighted by Gasteiger charge is 2.37. The van der Waals surface area contributed by atoms with Gasteiger partial charge in [0, 0.05) is 11.6 Å². The quantitative estimate of drug-likeness (QED) is 0.362. The maximum absolute atomic E-state index is 11.6. The van der Waals surface area contributed by atoms with E-state index < -0.39 is 22.3 Å². The average Bonchev–Trinajstić information content (AvgIpc) is 3.25. The van der Waals surface area contributed by atoms with Crippen molar-refractivity contribution in [2.75, 3.05) is 21.3 Å². The predicted octanol–water partition coefficient (Wildman–Crippen LogP) is 2.93. The molecule has 2 aromatic carbocycles. The summed E-state index contributed by atoms with van der Waals surface area (Å²) in [5, 5.41) is 38.7. The Hall–Kier alpha value is -4.92. The molecule has 174 valence electrons. The van der Waals surface area contributed by atoms with Crippen molar-refractivity contribution < 1.29 is 29.0 Å². The van der Waals surface area contributed by atoms with Crippen LogP contribution in [0.4, 0.5) is 5.69 Å². The van der Waals surface area contributed by atoms with Crippen LogP contribution in [0.1, 0.15) is 17.0 Å².